The molecule has 2 amide bonds. The number of piperazine rings is 1. The molecule has 0 spiro atoms. The first-order chi connectivity index (χ1) is 17.2. The molecule has 5 aliphatic rings. The molecule has 7 heteroatoms. The van der Waals surface area contributed by atoms with Crippen LogP contribution in [0.5, 0.6) is 0 Å². The monoisotopic (exact) mass is 492 g/mol. The number of carbonyl (C=O) groups excluding carboxylic acids is 2. The van der Waals surface area contributed by atoms with E-state index in [1.54, 1.807) is 16.4 Å². The van der Waals surface area contributed by atoms with Crippen LogP contribution in [0, 0.1) is 35.5 Å². The summed E-state index contributed by atoms with van der Waals surface area (Å²) in [6.07, 6.45) is 8.35. The van der Waals surface area contributed by atoms with E-state index in [0.29, 0.717) is 30.2 Å². The van der Waals surface area contributed by atoms with E-state index >= 15 is 0 Å². The molecular formula is C28H36N4O2S. The lowest BCUT2D eigenvalue weighted by atomic mass is 9.78. The highest BCUT2D eigenvalue weighted by Gasteiger charge is 2.61. The van der Waals surface area contributed by atoms with Gasteiger partial charge in [0.2, 0.25) is 11.8 Å². The van der Waals surface area contributed by atoms with Gasteiger partial charge in [-0.05, 0) is 79.4 Å². The molecule has 35 heavy (non-hydrogen) atoms. The number of amides is 2. The molecule has 1 aromatic carbocycles. The molecule has 0 radical (unpaired) electrons. The number of aromatic nitrogens is 1. The highest BCUT2D eigenvalue weighted by atomic mass is 32.1. The van der Waals surface area contributed by atoms with Crippen LogP contribution >= 0.6 is 11.5 Å². The molecule has 2 aromatic rings. The van der Waals surface area contributed by atoms with Gasteiger partial charge in [0.15, 0.2) is 0 Å². The summed E-state index contributed by atoms with van der Waals surface area (Å²) in [5, 5.41) is 1.27. The number of imide groups is 1. The highest BCUT2D eigenvalue weighted by Crippen LogP contribution is 2.56. The summed E-state index contributed by atoms with van der Waals surface area (Å²) < 4.78 is 6.02. The van der Waals surface area contributed by atoms with Crippen molar-refractivity contribution in [2.75, 3.05) is 44.2 Å². The third-order valence-corrected chi connectivity index (χ3v) is 10.8. The minimum atomic E-state index is 0.0261. The molecule has 6 atom stereocenters. The van der Waals surface area contributed by atoms with E-state index in [2.05, 4.69) is 34.1 Å². The predicted molar refractivity (Wildman–Crippen MR) is 138 cm³/mol. The summed E-state index contributed by atoms with van der Waals surface area (Å²) in [6, 6.07) is 8.54. The quantitative estimate of drug-likeness (QED) is 0.584. The van der Waals surface area contributed by atoms with Gasteiger partial charge < -0.3 is 4.90 Å². The van der Waals surface area contributed by atoms with Crippen molar-refractivity contribution in [2.24, 2.45) is 35.5 Å². The number of hydrogen-bond donors (Lipinski definition) is 0. The zero-order valence-electron chi connectivity index (χ0n) is 20.5. The van der Waals surface area contributed by atoms with Gasteiger partial charge in [0.05, 0.1) is 16.5 Å². The maximum atomic E-state index is 13.3. The fourth-order valence-electron chi connectivity index (χ4n) is 8.22. The summed E-state index contributed by atoms with van der Waals surface area (Å²) in [6.45, 7) is 5.93. The molecule has 0 N–H and O–H groups in total. The normalized spacial score (nSPS) is 35.4. The van der Waals surface area contributed by atoms with Crippen molar-refractivity contribution in [2.45, 2.75) is 44.9 Å². The summed E-state index contributed by atoms with van der Waals surface area (Å²) in [7, 11) is 0. The van der Waals surface area contributed by atoms with Crippen molar-refractivity contribution in [1.29, 1.82) is 0 Å². The van der Waals surface area contributed by atoms with E-state index in [-0.39, 0.29) is 23.7 Å². The SMILES string of the molecule is O=C1[C@@H]2[C@@H]3CC[C@@H](C3)[C@@H]2C(=O)N1C[C@H]1CCCC[C@H]1CN1CCN(c2nsc3ccccc23)CC1. The maximum absolute atomic E-state index is 13.3. The van der Waals surface area contributed by atoms with Crippen molar-refractivity contribution < 1.29 is 9.59 Å². The zero-order chi connectivity index (χ0) is 23.5. The molecule has 6 nitrogen and oxygen atoms in total. The molecule has 2 bridgehead atoms. The van der Waals surface area contributed by atoms with E-state index in [0.717, 1.165) is 64.2 Å². The summed E-state index contributed by atoms with van der Waals surface area (Å²) in [5.74, 6) is 3.59. The second-order valence-corrected chi connectivity index (χ2v) is 12.6. The van der Waals surface area contributed by atoms with Crippen LogP contribution in [0.3, 0.4) is 0 Å². The fraction of sp³-hybridized carbons (Fsp3) is 0.679. The van der Waals surface area contributed by atoms with Crippen molar-refractivity contribution in [1.82, 2.24) is 14.2 Å². The van der Waals surface area contributed by atoms with Crippen LogP contribution in [0.4, 0.5) is 5.82 Å². The number of likely N-dealkylation sites (tertiary alicyclic amines) is 1. The molecule has 3 aliphatic carbocycles. The second-order valence-electron chi connectivity index (χ2n) is 11.8. The van der Waals surface area contributed by atoms with Crippen LogP contribution in [0.2, 0.25) is 0 Å². The molecular weight excluding hydrogens is 456 g/mol. The maximum Gasteiger partial charge on any atom is 0.233 e. The standard InChI is InChI=1S/C28H36N4O2S/c33-27-24-18-9-10-19(15-18)25(24)28(34)32(27)17-21-6-2-1-5-20(21)16-30-11-13-31(14-12-30)26-22-7-3-4-8-23(22)35-29-26/h3-4,7-8,18-21,24-25H,1-2,5-6,9-17H2/t18-,19+,20-,21+,24-,25+/m0/s1. The zero-order valence-corrected chi connectivity index (χ0v) is 21.3. The Balaban J connectivity index is 0.986. The van der Waals surface area contributed by atoms with Gasteiger partial charge in [0.25, 0.3) is 0 Å². The lowest BCUT2D eigenvalue weighted by Gasteiger charge is -2.40. The Labute approximate surface area is 211 Å². The van der Waals surface area contributed by atoms with Gasteiger partial charge in [-0.3, -0.25) is 19.4 Å². The smallest absolute Gasteiger partial charge is 0.233 e. The van der Waals surface area contributed by atoms with Crippen molar-refractivity contribution >= 4 is 39.3 Å². The second kappa shape index (κ2) is 8.84. The third-order valence-electron chi connectivity index (χ3n) is 10.0. The van der Waals surface area contributed by atoms with Crippen LogP contribution in [-0.4, -0.2) is 65.3 Å². The van der Waals surface area contributed by atoms with Gasteiger partial charge in [-0.25, -0.2) is 0 Å². The first-order valence-corrected chi connectivity index (χ1v) is 14.6. The number of rotatable bonds is 5. The van der Waals surface area contributed by atoms with Gasteiger partial charge in [0.1, 0.15) is 5.82 Å². The fourth-order valence-corrected chi connectivity index (χ4v) is 9.02. The molecule has 186 valence electrons. The molecule has 3 heterocycles. The first-order valence-electron chi connectivity index (χ1n) is 13.8. The summed E-state index contributed by atoms with van der Waals surface area (Å²) >= 11 is 1.60. The molecule has 7 rings (SSSR count). The lowest BCUT2D eigenvalue weighted by Crippen LogP contribution is -2.49. The van der Waals surface area contributed by atoms with Gasteiger partial charge in [-0.2, -0.15) is 4.37 Å². The Morgan fingerprint density at radius 1 is 0.829 bits per heavy atom. The van der Waals surface area contributed by atoms with Crippen LogP contribution in [-0.2, 0) is 9.59 Å². The average Bonchev–Trinajstić information content (AvgIpc) is 3.66. The number of hydrogen-bond acceptors (Lipinski definition) is 6. The molecule has 2 aliphatic heterocycles. The Bertz CT molecular complexity index is 1100. The minimum Gasteiger partial charge on any atom is -0.353 e. The average molecular weight is 493 g/mol. The Morgan fingerprint density at radius 2 is 1.49 bits per heavy atom. The van der Waals surface area contributed by atoms with Gasteiger partial charge >= 0.3 is 0 Å². The van der Waals surface area contributed by atoms with E-state index < -0.39 is 0 Å². The summed E-state index contributed by atoms with van der Waals surface area (Å²) in [5.41, 5.74) is 0. The van der Waals surface area contributed by atoms with Crippen LogP contribution in [0.15, 0.2) is 24.3 Å². The van der Waals surface area contributed by atoms with Crippen LogP contribution < -0.4 is 4.90 Å². The minimum absolute atomic E-state index is 0.0261. The largest absolute Gasteiger partial charge is 0.353 e. The number of benzene rings is 1. The van der Waals surface area contributed by atoms with E-state index in [9.17, 15) is 9.59 Å². The first kappa shape index (κ1) is 22.2. The number of anilines is 1. The van der Waals surface area contributed by atoms with E-state index in [1.165, 1.54) is 29.3 Å². The van der Waals surface area contributed by atoms with Crippen molar-refractivity contribution in [3.05, 3.63) is 24.3 Å². The Kier molecular flexibility index (Phi) is 5.61. The lowest BCUT2D eigenvalue weighted by molar-refractivity contribution is -0.142. The van der Waals surface area contributed by atoms with Crippen LogP contribution in [0.25, 0.3) is 10.1 Å². The topological polar surface area (TPSA) is 56.8 Å². The van der Waals surface area contributed by atoms with Crippen molar-refractivity contribution in [3.63, 3.8) is 0 Å². The van der Waals surface area contributed by atoms with Gasteiger partial charge in [-0.15, -0.1) is 0 Å². The molecule has 5 fully saturated rings. The highest BCUT2D eigenvalue weighted by molar-refractivity contribution is 7.13. The third kappa shape index (κ3) is 3.72. The number of fused-ring (bicyclic) bond motifs is 6. The molecule has 1 aromatic heterocycles. The molecule has 3 saturated carbocycles. The predicted octanol–water partition coefficient (Wildman–Crippen LogP) is 4.26. The summed E-state index contributed by atoms with van der Waals surface area (Å²) in [4.78, 5) is 33.4. The Morgan fingerprint density at radius 3 is 2.20 bits per heavy atom. The Hall–Kier alpha value is -1.99. The van der Waals surface area contributed by atoms with Gasteiger partial charge in [-0.1, -0.05) is 25.0 Å². The van der Waals surface area contributed by atoms with Crippen molar-refractivity contribution in [3.8, 4) is 0 Å². The number of carbonyl (C=O) groups is 2. The van der Waals surface area contributed by atoms with Crippen LogP contribution in [0.1, 0.15) is 44.9 Å². The van der Waals surface area contributed by atoms with Gasteiger partial charge in [0, 0.05) is 44.7 Å². The molecule has 2 saturated heterocycles. The van der Waals surface area contributed by atoms with E-state index in [4.69, 9.17) is 4.37 Å². The van der Waals surface area contributed by atoms with E-state index in [1.807, 2.05) is 0 Å². The number of nitrogens with zero attached hydrogens (tertiary/aromatic N) is 4. The molecule has 0 unspecified atom stereocenters.